The van der Waals surface area contributed by atoms with Crippen LogP contribution in [0.15, 0.2) is 18.2 Å². The summed E-state index contributed by atoms with van der Waals surface area (Å²) in [5, 5.41) is 4.84. The van der Waals surface area contributed by atoms with Crippen molar-refractivity contribution in [3.63, 3.8) is 0 Å². The summed E-state index contributed by atoms with van der Waals surface area (Å²) < 4.78 is 5.43. The fourth-order valence-corrected chi connectivity index (χ4v) is 2.87. The smallest absolute Gasteiger partial charge is 0.0510 e. The van der Waals surface area contributed by atoms with E-state index in [9.17, 15) is 0 Å². The lowest BCUT2D eigenvalue weighted by molar-refractivity contribution is 0.177. The molecule has 2 atom stereocenters. The van der Waals surface area contributed by atoms with E-state index >= 15 is 0 Å². The highest BCUT2D eigenvalue weighted by molar-refractivity contribution is 6.36. The molecule has 1 heterocycles. The van der Waals surface area contributed by atoms with Gasteiger partial charge in [0.1, 0.15) is 0 Å². The lowest BCUT2D eigenvalue weighted by atomic mass is 9.93. The van der Waals surface area contributed by atoms with E-state index in [1.165, 1.54) is 0 Å². The molecule has 1 aliphatic heterocycles. The fourth-order valence-electron chi connectivity index (χ4n) is 2.32. The first kappa shape index (κ1) is 13.2. The van der Waals surface area contributed by atoms with E-state index in [1.54, 1.807) is 0 Å². The van der Waals surface area contributed by atoms with Gasteiger partial charge in [0.25, 0.3) is 0 Å². The van der Waals surface area contributed by atoms with Crippen molar-refractivity contribution in [1.29, 1.82) is 0 Å². The first-order valence-corrected chi connectivity index (χ1v) is 6.66. The summed E-state index contributed by atoms with van der Waals surface area (Å²) in [6.45, 7) is 1.69. The zero-order valence-electron chi connectivity index (χ0n) is 9.88. The average molecular weight is 274 g/mol. The molecule has 94 valence electrons. The van der Waals surface area contributed by atoms with Crippen LogP contribution in [0, 0.1) is 5.92 Å². The predicted octanol–water partition coefficient (Wildman–Crippen LogP) is 3.16. The largest absolute Gasteiger partial charge is 0.381 e. The second-order valence-corrected chi connectivity index (χ2v) is 5.24. The lowest BCUT2D eigenvalue weighted by Gasteiger charge is -2.22. The molecule has 0 saturated carbocycles. The molecule has 1 fully saturated rings. The molecule has 0 spiro atoms. The van der Waals surface area contributed by atoms with Gasteiger partial charge in [0, 0.05) is 28.6 Å². The number of hydrogen-bond acceptors (Lipinski definition) is 2. The highest BCUT2D eigenvalue weighted by Gasteiger charge is 2.25. The van der Waals surface area contributed by atoms with Gasteiger partial charge < -0.3 is 10.1 Å². The summed E-state index contributed by atoms with van der Waals surface area (Å²) >= 11 is 12.4. The molecule has 0 aromatic heterocycles. The molecule has 0 aliphatic carbocycles. The van der Waals surface area contributed by atoms with Gasteiger partial charge in [0.15, 0.2) is 0 Å². The maximum atomic E-state index is 6.19. The lowest BCUT2D eigenvalue weighted by Crippen LogP contribution is -2.36. The Bertz CT molecular complexity index is 357. The number of rotatable bonds is 4. The van der Waals surface area contributed by atoms with Crippen LogP contribution in [-0.2, 0) is 11.2 Å². The first-order valence-electron chi connectivity index (χ1n) is 5.90. The Hall–Kier alpha value is -0.280. The number of hydrogen-bond donors (Lipinski definition) is 1. The van der Waals surface area contributed by atoms with Gasteiger partial charge >= 0.3 is 0 Å². The van der Waals surface area contributed by atoms with Crippen LogP contribution < -0.4 is 5.32 Å². The molecule has 2 rings (SSSR count). The van der Waals surface area contributed by atoms with Crippen LogP contribution in [0.25, 0.3) is 0 Å². The van der Waals surface area contributed by atoms with Gasteiger partial charge in [0.05, 0.1) is 6.61 Å². The van der Waals surface area contributed by atoms with E-state index in [0.29, 0.717) is 12.0 Å². The molecule has 2 unspecified atom stereocenters. The number of ether oxygens (including phenoxy) is 1. The highest BCUT2D eigenvalue weighted by atomic mass is 35.5. The SMILES string of the molecule is CNC(Cc1c(Cl)cccc1Cl)C1CCOC1. The summed E-state index contributed by atoms with van der Waals surface area (Å²) in [6, 6.07) is 6.03. The molecule has 4 heteroatoms. The molecule has 1 N–H and O–H groups in total. The zero-order chi connectivity index (χ0) is 12.3. The molecule has 1 aliphatic rings. The van der Waals surface area contributed by atoms with Gasteiger partial charge in [0.2, 0.25) is 0 Å². The van der Waals surface area contributed by atoms with E-state index < -0.39 is 0 Å². The van der Waals surface area contributed by atoms with Crippen LogP contribution in [0.5, 0.6) is 0 Å². The minimum atomic E-state index is 0.370. The number of halogens is 2. The average Bonchev–Trinajstić information content (AvgIpc) is 2.82. The van der Waals surface area contributed by atoms with Crippen molar-refractivity contribution in [2.24, 2.45) is 5.92 Å². The van der Waals surface area contributed by atoms with Crippen molar-refractivity contribution < 1.29 is 4.74 Å². The number of nitrogens with one attached hydrogen (secondary N) is 1. The molecule has 2 nitrogen and oxygen atoms in total. The second-order valence-electron chi connectivity index (χ2n) is 4.42. The Balaban J connectivity index is 2.12. The van der Waals surface area contributed by atoms with Gasteiger partial charge in [-0.1, -0.05) is 29.3 Å². The van der Waals surface area contributed by atoms with E-state index in [0.717, 1.165) is 41.7 Å². The molecular weight excluding hydrogens is 257 g/mol. The Morgan fingerprint density at radius 2 is 2.12 bits per heavy atom. The third-order valence-corrected chi connectivity index (χ3v) is 4.10. The monoisotopic (exact) mass is 273 g/mol. The van der Waals surface area contributed by atoms with Crippen molar-refractivity contribution in [3.05, 3.63) is 33.8 Å². The number of likely N-dealkylation sites (N-methyl/N-ethyl adjacent to an activating group) is 1. The minimum Gasteiger partial charge on any atom is -0.381 e. The van der Waals surface area contributed by atoms with Crippen LogP contribution in [0.2, 0.25) is 10.0 Å². The molecule has 1 aromatic carbocycles. The zero-order valence-corrected chi connectivity index (χ0v) is 11.4. The molecule has 1 aromatic rings. The van der Waals surface area contributed by atoms with E-state index in [-0.39, 0.29) is 0 Å². The second kappa shape index (κ2) is 6.05. The molecule has 0 bridgehead atoms. The van der Waals surface area contributed by atoms with Crippen LogP contribution in [0.3, 0.4) is 0 Å². The van der Waals surface area contributed by atoms with E-state index in [2.05, 4.69) is 5.32 Å². The van der Waals surface area contributed by atoms with Crippen LogP contribution in [0.4, 0.5) is 0 Å². The van der Waals surface area contributed by atoms with E-state index in [1.807, 2.05) is 25.2 Å². The van der Waals surface area contributed by atoms with Crippen molar-refractivity contribution in [3.8, 4) is 0 Å². The van der Waals surface area contributed by atoms with Crippen molar-refractivity contribution in [1.82, 2.24) is 5.32 Å². The fraction of sp³-hybridized carbons (Fsp3) is 0.538. The Kier molecular flexibility index (Phi) is 4.69. The Morgan fingerprint density at radius 1 is 1.41 bits per heavy atom. The normalized spacial score (nSPS) is 21.7. The van der Waals surface area contributed by atoms with Gasteiger partial charge in [-0.05, 0) is 37.6 Å². The topological polar surface area (TPSA) is 21.3 Å². The molecule has 1 saturated heterocycles. The number of benzene rings is 1. The van der Waals surface area contributed by atoms with Gasteiger partial charge in [-0.3, -0.25) is 0 Å². The predicted molar refractivity (Wildman–Crippen MR) is 71.9 cm³/mol. The quantitative estimate of drug-likeness (QED) is 0.910. The van der Waals surface area contributed by atoms with Crippen LogP contribution >= 0.6 is 23.2 Å². The van der Waals surface area contributed by atoms with Crippen LogP contribution in [-0.4, -0.2) is 26.3 Å². The molecule has 17 heavy (non-hydrogen) atoms. The maximum Gasteiger partial charge on any atom is 0.0510 e. The van der Waals surface area contributed by atoms with Crippen LogP contribution in [0.1, 0.15) is 12.0 Å². The van der Waals surface area contributed by atoms with Crippen molar-refractivity contribution in [2.75, 3.05) is 20.3 Å². The third-order valence-electron chi connectivity index (χ3n) is 3.39. The molecular formula is C13H17Cl2NO. The summed E-state index contributed by atoms with van der Waals surface area (Å²) in [6.07, 6.45) is 1.95. The molecule has 0 amide bonds. The summed E-state index contributed by atoms with van der Waals surface area (Å²) in [5.41, 5.74) is 1.03. The van der Waals surface area contributed by atoms with Gasteiger partial charge in [-0.15, -0.1) is 0 Å². The summed E-state index contributed by atoms with van der Waals surface area (Å²) in [4.78, 5) is 0. The highest BCUT2D eigenvalue weighted by Crippen LogP contribution is 2.28. The third kappa shape index (κ3) is 3.14. The van der Waals surface area contributed by atoms with Crippen molar-refractivity contribution >= 4 is 23.2 Å². The Labute approximate surface area is 112 Å². The summed E-state index contributed by atoms with van der Waals surface area (Å²) in [7, 11) is 1.98. The molecule has 0 radical (unpaired) electrons. The van der Waals surface area contributed by atoms with E-state index in [4.69, 9.17) is 27.9 Å². The maximum absolute atomic E-state index is 6.19. The van der Waals surface area contributed by atoms with Crippen molar-refractivity contribution in [2.45, 2.75) is 18.9 Å². The standard InChI is InChI=1S/C13H17Cl2NO/c1-16-13(9-5-6-17-8-9)7-10-11(14)3-2-4-12(10)15/h2-4,9,13,16H,5-8H2,1H3. The first-order chi connectivity index (χ1) is 8.22. The van der Waals surface area contributed by atoms with Gasteiger partial charge in [-0.2, -0.15) is 0 Å². The summed E-state index contributed by atoms with van der Waals surface area (Å²) in [5.74, 6) is 0.548. The minimum absolute atomic E-state index is 0.370. The van der Waals surface area contributed by atoms with Gasteiger partial charge in [-0.25, -0.2) is 0 Å². The Morgan fingerprint density at radius 3 is 2.65 bits per heavy atom.